The molecular weight excluding hydrogens is 387 g/mol. The number of hydrogen-bond acceptors (Lipinski definition) is 2. The Bertz CT molecular complexity index is 625. The molecule has 3 rings (SSSR count). The van der Waals surface area contributed by atoms with Crippen LogP contribution < -0.4 is 0 Å². The maximum atomic E-state index is 13.5. The van der Waals surface area contributed by atoms with Gasteiger partial charge in [-0.2, -0.15) is 0 Å². The van der Waals surface area contributed by atoms with Crippen molar-refractivity contribution >= 4 is 6.29 Å². The summed E-state index contributed by atoms with van der Waals surface area (Å²) in [4.78, 5) is 9.74. The molecular formula is C28H43FO2. The second kappa shape index (κ2) is 16.9. The molecule has 1 fully saturated rings. The van der Waals surface area contributed by atoms with Gasteiger partial charge in [-0.05, 0) is 89.2 Å². The van der Waals surface area contributed by atoms with Gasteiger partial charge in [0.25, 0.3) is 0 Å². The van der Waals surface area contributed by atoms with Crippen LogP contribution in [0.15, 0.2) is 48.6 Å². The molecule has 0 spiro atoms. The maximum Gasteiger partial charge on any atom is 0.120 e. The van der Waals surface area contributed by atoms with Gasteiger partial charge in [0.05, 0.1) is 6.10 Å². The predicted molar refractivity (Wildman–Crippen MR) is 130 cm³/mol. The zero-order chi connectivity index (χ0) is 22.9. The Balaban J connectivity index is 0.000000309. The molecule has 2 aliphatic rings. The number of hydrogen-bond donors (Lipinski definition) is 0. The molecule has 0 N–H and O–H groups in total. The first-order valence-corrected chi connectivity index (χ1v) is 12.0. The van der Waals surface area contributed by atoms with Gasteiger partial charge >= 0.3 is 0 Å². The van der Waals surface area contributed by atoms with Crippen LogP contribution in [-0.4, -0.2) is 25.7 Å². The number of halogens is 1. The van der Waals surface area contributed by atoms with E-state index >= 15 is 0 Å². The van der Waals surface area contributed by atoms with E-state index in [4.69, 9.17) is 4.74 Å². The topological polar surface area (TPSA) is 26.3 Å². The van der Waals surface area contributed by atoms with Crippen LogP contribution in [0.4, 0.5) is 4.39 Å². The summed E-state index contributed by atoms with van der Waals surface area (Å²) < 4.78 is 18.2. The van der Waals surface area contributed by atoms with E-state index in [0.717, 1.165) is 50.7 Å². The SMILES string of the molecule is C/C=C\CCCC=O.COC(C)C.FC1CCCC1/C=C/CC1Cc2ccccc2C1. The molecule has 31 heavy (non-hydrogen) atoms. The Morgan fingerprint density at radius 3 is 2.23 bits per heavy atom. The number of carbonyl (C=O) groups excluding carboxylic acids is 1. The number of ether oxygens (including phenoxy) is 1. The maximum absolute atomic E-state index is 13.5. The van der Waals surface area contributed by atoms with Gasteiger partial charge < -0.3 is 9.53 Å². The van der Waals surface area contributed by atoms with Crippen LogP contribution in [0.25, 0.3) is 0 Å². The number of alkyl halides is 1. The van der Waals surface area contributed by atoms with E-state index in [2.05, 4.69) is 42.5 Å². The Labute approximate surface area is 190 Å². The molecule has 1 saturated carbocycles. The third kappa shape index (κ3) is 12.0. The van der Waals surface area contributed by atoms with Gasteiger partial charge in [0.1, 0.15) is 12.5 Å². The third-order valence-corrected chi connectivity index (χ3v) is 5.87. The zero-order valence-corrected chi connectivity index (χ0v) is 20.1. The monoisotopic (exact) mass is 430 g/mol. The molecule has 0 bridgehead atoms. The van der Waals surface area contributed by atoms with Gasteiger partial charge in [-0.3, -0.25) is 0 Å². The van der Waals surface area contributed by atoms with E-state index < -0.39 is 6.17 Å². The second-order valence-electron chi connectivity index (χ2n) is 8.77. The van der Waals surface area contributed by atoms with Crippen LogP contribution in [0.5, 0.6) is 0 Å². The van der Waals surface area contributed by atoms with Crippen molar-refractivity contribution in [1.29, 1.82) is 0 Å². The van der Waals surface area contributed by atoms with Crippen molar-refractivity contribution in [1.82, 2.24) is 0 Å². The van der Waals surface area contributed by atoms with Gasteiger partial charge in [-0.25, -0.2) is 4.39 Å². The molecule has 3 heteroatoms. The van der Waals surface area contributed by atoms with Gasteiger partial charge in [-0.15, -0.1) is 0 Å². The lowest BCUT2D eigenvalue weighted by Crippen LogP contribution is -2.04. The molecule has 1 aromatic rings. The summed E-state index contributed by atoms with van der Waals surface area (Å²) in [6.45, 7) is 5.99. The lowest BCUT2D eigenvalue weighted by Gasteiger charge is -2.08. The third-order valence-electron chi connectivity index (χ3n) is 5.87. The fourth-order valence-corrected chi connectivity index (χ4v) is 3.91. The minimum atomic E-state index is -0.581. The summed E-state index contributed by atoms with van der Waals surface area (Å²) in [7, 11) is 1.70. The summed E-state index contributed by atoms with van der Waals surface area (Å²) in [5.41, 5.74) is 3.03. The number of allylic oxidation sites excluding steroid dienone is 4. The number of unbranched alkanes of at least 4 members (excludes halogenated alkanes) is 2. The van der Waals surface area contributed by atoms with Crippen LogP contribution in [0, 0.1) is 11.8 Å². The van der Waals surface area contributed by atoms with Crippen molar-refractivity contribution < 1.29 is 13.9 Å². The van der Waals surface area contributed by atoms with E-state index in [9.17, 15) is 9.18 Å². The van der Waals surface area contributed by atoms with Gasteiger partial charge in [0.15, 0.2) is 0 Å². The van der Waals surface area contributed by atoms with Gasteiger partial charge in [0.2, 0.25) is 0 Å². The van der Waals surface area contributed by atoms with E-state index in [1.165, 1.54) is 24.0 Å². The van der Waals surface area contributed by atoms with Crippen molar-refractivity contribution in [2.24, 2.45) is 11.8 Å². The molecule has 2 atom stereocenters. The molecule has 0 amide bonds. The number of rotatable bonds is 8. The summed E-state index contributed by atoms with van der Waals surface area (Å²) in [5, 5.41) is 0. The number of carbonyl (C=O) groups is 1. The molecule has 1 aromatic carbocycles. The Hall–Kier alpha value is -1.74. The summed E-state index contributed by atoms with van der Waals surface area (Å²) in [6.07, 6.45) is 18.3. The summed E-state index contributed by atoms with van der Waals surface area (Å²) in [5.74, 6) is 0.937. The number of aldehydes is 1. The average molecular weight is 431 g/mol. The first kappa shape index (κ1) is 27.3. The van der Waals surface area contributed by atoms with E-state index in [1.54, 1.807) is 7.11 Å². The Kier molecular flexibility index (Phi) is 14.9. The fraction of sp³-hybridized carbons (Fsp3) is 0.607. The van der Waals surface area contributed by atoms with E-state index in [0.29, 0.717) is 12.5 Å². The number of methoxy groups -OCH3 is 1. The number of fused-ring (bicyclic) bond motifs is 1. The first-order chi connectivity index (χ1) is 15.0. The van der Waals surface area contributed by atoms with Crippen molar-refractivity contribution in [2.75, 3.05) is 7.11 Å². The highest BCUT2D eigenvalue weighted by Gasteiger charge is 2.24. The number of benzene rings is 1. The summed E-state index contributed by atoms with van der Waals surface area (Å²) >= 11 is 0. The molecule has 2 nitrogen and oxygen atoms in total. The molecule has 0 aliphatic heterocycles. The van der Waals surface area contributed by atoms with Crippen LogP contribution in [-0.2, 0) is 22.4 Å². The molecule has 174 valence electrons. The highest BCUT2D eigenvalue weighted by molar-refractivity contribution is 5.49. The van der Waals surface area contributed by atoms with Crippen LogP contribution in [0.2, 0.25) is 0 Å². The zero-order valence-electron chi connectivity index (χ0n) is 20.1. The normalized spacial score (nSPS) is 20.5. The minimum absolute atomic E-state index is 0.203. The van der Waals surface area contributed by atoms with Crippen molar-refractivity contribution in [2.45, 2.75) is 90.8 Å². The standard InChI is InChI=1S/C17H21F.C7H12O.C4H10O/c18-17-10-4-9-14(17)8-3-5-13-11-15-6-1-2-7-16(15)12-13;1-2-3-4-5-6-7-8;1-4(2)5-3/h1-3,6-8,13-14,17H,4-5,9-12H2;2-3,7H,4-6H2,1H3;4H,1-3H3/b8-3+;3-2-;. The van der Waals surface area contributed by atoms with Gasteiger partial charge in [0, 0.05) is 19.4 Å². The van der Waals surface area contributed by atoms with Crippen molar-refractivity contribution in [3.05, 3.63) is 59.7 Å². The average Bonchev–Trinajstić information content (AvgIpc) is 3.38. The fourth-order valence-electron chi connectivity index (χ4n) is 3.91. The van der Waals surface area contributed by atoms with Crippen LogP contribution in [0.3, 0.4) is 0 Å². The second-order valence-corrected chi connectivity index (χ2v) is 8.77. The highest BCUT2D eigenvalue weighted by atomic mass is 19.1. The van der Waals surface area contributed by atoms with E-state index in [-0.39, 0.29) is 5.92 Å². The lowest BCUT2D eigenvalue weighted by atomic mass is 9.99. The van der Waals surface area contributed by atoms with Crippen LogP contribution in [0.1, 0.15) is 76.8 Å². The quantitative estimate of drug-likeness (QED) is 0.243. The minimum Gasteiger partial charge on any atom is -0.382 e. The Morgan fingerprint density at radius 1 is 1.10 bits per heavy atom. The van der Waals surface area contributed by atoms with Gasteiger partial charge in [-0.1, -0.05) is 48.6 Å². The largest absolute Gasteiger partial charge is 0.382 e. The molecule has 0 saturated heterocycles. The smallest absolute Gasteiger partial charge is 0.120 e. The van der Waals surface area contributed by atoms with Crippen molar-refractivity contribution in [3.63, 3.8) is 0 Å². The van der Waals surface area contributed by atoms with E-state index in [1.807, 2.05) is 26.8 Å². The van der Waals surface area contributed by atoms with Crippen molar-refractivity contribution in [3.8, 4) is 0 Å². The highest BCUT2D eigenvalue weighted by Crippen LogP contribution is 2.31. The molecule has 2 aliphatic carbocycles. The first-order valence-electron chi connectivity index (χ1n) is 12.0. The molecule has 2 unspecified atom stereocenters. The summed E-state index contributed by atoms with van der Waals surface area (Å²) in [6, 6.07) is 8.74. The van der Waals surface area contributed by atoms with Crippen LogP contribution >= 0.6 is 0 Å². The molecule has 0 heterocycles. The lowest BCUT2D eigenvalue weighted by molar-refractivity contribution is -0.107. The Morgan fingerprint density at radius 2 is 1.74 bits per heavy atom. The molecule has 0 aromatic heterocycles. The predicted octanol–water partition coefficient (Wildman–Crippen LogP) is 7.46. The molecule has 0 radical (unpaired) electrons.